The van der Waals surface area contributed by atoms with Crippen molar-refractivity contribution in [3.8, 4) is 22.3 Å². The van der Waals surface area contributed by atoms with Gasteiger partial charge in [0.25, 0.3) is 0 Å². The van der Waals surface area contributed by atoms with E-state index in [4.69, 9.17) is 0 Å². The highest BCUT2D eigenvalue weighted by Crippen LogP contribution is 2.37. The minimum atomic E-state index is -0.00430. The van der Waals surface area contributed by atoms with Crippen molar-refractivity contribution < 1.29 is 4.79 Å². The molecular weight excluding hydrogens is 516 g/mol. The number of pyridine rings is 2. The zero-order valence-corrected chi connectivity index (χ0v) is 24.4. The molecule has 2 aliphatic heterocycles. The molecular formula is C37H42N4O. The van der Waals surface area contributed by atoms with Crippen molar-refractivity contribution in [2.45, 2.75) is 38.5 Å². The molecule has 6 rings (SSSR count). The number of hydrogen-bond acceptors (Lipinski definition) is 5. The number of benzene rings is 2. The first-order valence-corrected chi connectivity index (χ1v) is 15.7. The predicted octanol–water partition coefficient (Wildman–Crippen LogP) is 6.40. The summed E-state index contributed by atoms with van der Waals surface area (Å²) in [5, 5.41) is 7.07. The Morgan fingerprint density at radius 2 is 1.05 bits per heavy atom. The lowest BCUT2D eigenvalue weighted by Gasteiger charge is -2.37. The summed E-state index contributed by atoms with van der Waals surface area (Å²) in [4.78, 5) is 23.9. The molecule has 0 aliphatic carbocycles. The second kappa shape index (κ2) is 14.0. The summed E-state index contributed by atoms with van der Waals surface area (Å²) in [5.41, 5.74) is 7.12. The molecule has 2 fully saturated rings. The van der Waals surface area contributed by atoms with Gasteiger partial charge >= 0.3 is 0 Å². The fourth-order valence-corrected chi connectivity index (χ4v) is 7.25. The highest BCUT2D eigenvalue weighted by Gasteiger charge is 2.38. The van der Waals surface area contributed by atoms with Gasteiger partial charge in [0.05, 0.1) is 0 Å². The van der Waals surface area contributed by atoms with Crippen LogP contribution < -0.4 is 10.6 Å². The maximum Gasteiger partial charge on any atom is 0.140 e. The third kappa shape index (κ3) is 6.69. The number of Topliss-reactive ketones (excluding diaryl/α,β-unsaturated/α-hetero) is 1. The van der Waals surface area contributed by atoms with Gasteiger partial charge in [0.2, 0.25) is 0 Å². The molecule has 5 heteroatoms. The topological polar surface area (TPSA) is 66.9 Å². The van der Waals surface area contributed by atoms with Crippen molar-refractivity contribution in [1.29, 1.82) is 0 Å². The van der Waals surface area contributed by atoms with Crippen LogP contribution in [0.15, 0.2) is 97.6 Å². The summed E-state index contributed by atoms with van der Waals surface area (Å²) < 4.78 is 0. The molecule has 0 saturated carbocycles. The van der Waals surface area contributed by atoms with E-state index in [1.807, 2.05) is 36.9 Å². The zero-order chi connectivity index (χ0) is 28.6. The van der Waals surface area contributed by atoms with Gasteiger partial charge in [-0.05, 0) is 111 Å². The maximum absolute atomic E-state index is 15.1. The van der Waals surface area contributed by atoms with Crippen molar-refractivity contribution in [2.24, 2.45) is 23.7 Å². The van der Waals surface area contributed by atoms with Crippen LogP contribution in [-0.2, 0) is 17.6 Å². The minimum absolute atomic E-state index is 0.00430. The van der Waals surface area contributed by atoms with Crippen LogP contribution in [0.4, 0.5) is 0 Å². The SMILES string of the molecule is O=C(C(Cc1ccccc1-c1cccnc1)C1CCNCC1)C(Cc1ccccc1-c1cccnc1)C1CCNCC1. The molecule has 0 radical (unpaired) electrons. The second-order valence-corrected chi connectivity index (χ2v) is 12.0. The average molecular weight is 559 g/mol. The van der Waals surface area contributed by atoms with Crippen LogP contribution >= 0.6 is 0 Å². The van der Waals surface area contributed by atoms with Gasteiger partial charge in [-0.3, -0.25) is 14.8 Å². The monoisotopic (exact) mass is 558 g/mol. The summed E-state index contributed by atoms with van der Waals surface area (Å²) in [5.74, 6) is 1.23. The number of nitrogens with zero attached hydrogens (tertiary/aromatic N) is 2. The molecule has 4 heterocycles. The number of ketones is 1. The quantitative estimate of drug-likeness (QED) is 0.236. The van der Waals surface area contributed by atoms with E-state index >= 15 is 4.79 Å². The van der Waals surface area contributed by atoms with Crippen molar-refractivity contribution >= 4 is 5.78 Å². The molecule has 0 spiro atoms. The van der Waals surface area contributed by atoms with Crippen LogP contribution in [0.25, 0.3) is 22.3 Å². The summed E-state index contributed by atoms with van der Waals surface area (Å²) in [6.07, 6.45) is 13.3. The standard InChI is InChI=1S/C37H42N4O/c42-37(35(27-13-19-38-20-14-27)23-29-7-1-3-11-33(29)31-9-5-17-40-25-31)36(28-15-21-39-22-16-28)24-30-8-2-4-12-34(30)32-10-6-18-41-26-32/h1-12,17-18,25-28,35-36,38-39H,13-16,19-24H2. The predicted molar refractivity (Wildman–Crippen MR) is 170 cm³/mol. The van der Waals surface area contributed by atoms with Crippen molar-refractivity contribution in [3.05, 3.63) is 109 Å². The summed E-state index contributed by atoms with van der Waals surface area (Å²) >= 11 is 0. The second-order valence-electron chi connectivity index (χ2n) is 12.0. The number of hydrogen-bond donors (Lipinski definition) is 2. The number of carbonyl (C=O) groups is 1. The largest absolute Gasteiger partial charge is 0.317 e. The molecule has 0 bridgehead atoms. The molecule has 42 heavy (non-hydrogen) atoms. The van der Waals surface area contributed by atoms with Gasteiger partial charge in [0, 0.05) is 47.8 Å². The molecule has 5 nitrogen and oxygen atoms in total. The first-order chi connectivity index (χ1) is 20.8. The van der Waals surface area contributed by atoms with E-state index in [2.05, 4.69) is 81.3 Å². The van der Waals surface area contributed by atoms with Gasteiger partial charge in [-0.1, -0.05) is 60.7 Å². The van der Waals surface area contributed by atoms with Crippen LogP contribution in [-0.4, -0.2) is 41.9 Å². The smallest absolute Gasteiger partial charge is 0.140 e. The van der Waals surface area contributed by atoms with Gasteiger partial charge < -0.3 is 10.6 Å². The van der Waals surface area contributed by atoms with Gasteiger partial charge in [0.1, 0.15) is 5.78 Å². The van der Waals surface area contributed by atoms with Gasteiger partial charge in [-0.2, -0.15) is 0 Å². The van der Waals surface area contributed by atoms with Crippen LogP contribution in [0.3, 0.4) is 0 Å². The Balaban J connectivity index is 1.36. The molecule has 0 amide bonds. The third-order valence-electron chi connectivity index (χ3n) is 9.50. The summed E-state index contributed by atoms with van der Waals surface area (Å²) in [6, 6.07) is 25.5. The molecule has 2 unspecified atom stereocenters. The van der Waals surface area contributed by atoms with E-state index in [0.717, 1.165) is 75.8 Å². The normalized spacial score (nSPS) is 17.9. The van der Waals surface area contributed by atoms with Crippen molar-refractivity contribution in [2.75, 3.05) is 26.2 Å². The van der Waals surface area contributed by atoms with Crippen LogP contribution in [0.5, 0.6) is 0 Å². The number of aromatic nitrogens is 2. The number of rotatable bonds is 10. The van der Waals surface area contributed by atoms with E-state index < -0.39 is 0 Å². The molecule has 2 aliphatic rings. The Labute approximate surface area is 250 Å². The molecule has 2 aromatic carbocycles. The average Bonchev–Trinajstić information content (AvgIpc) is 3.08. The highest BCUT2D eigenvalue weighted by molar-refractivity contribution is 5.85. The molecule has 4 aromatic rings. The van der Waals surface area contributed by atoms with E-state index in [0.29, 0.717) is 17.6 Å². The lowest BCUT2D eigenvalue weighted by atomic mass is 9.69. The third-order valence-corrected chi connectivity index (χ3v) is 9.50. The molecule has 2 N–H and O–H groups in total. The van der Waals surface area contributed by atoms with Gasteiger partial charge in [-0.15, -0.1) is 0 Å². The van der Waals surface area contributed by atoms with Crippen LogP contribution in [0.1, 0.15) is 36.8 Å². The molecule has 2 aromatic heterocycles. The zero-order valence-electron chi connectivity index (χ0n) is 24.4. The summed E-state index contributed by atoms with van der Waals surface area (Å²) in [7, 11) is 0. The first kappa shape index (κ1) is 28.4. The van der Waals surface area contributed by atoms with Crippen molar-refractivity contribution in [3.63, 3.8) is 0 Å². The Bertz CT molecular complexity index is 1320. The van der Waals surface area contributed by atoms with Crippen LogP contribution in [0.2, 0.25) is 0 Å². The minimum Gasteiger partial charge on any atom is -0.317 e. The van der Waals surface area contributed by atoms with Crippen LogP contribution in [0, 0.1) is 23.7 Å². The fraction of sp³-hybridized carbons (Fsp3) is 0.378. The molecule has 2 atom stereocenters. The lowest BCUT2D eigenvalue weighted by molar-refractivity contribution is -0.131. The van der Waals surface area contributed by atoms with E-state index in [-0.39, 0.29) is 11.8 Å². The Kier molecular flexibility index (Phi) is 9.48. The fourth-order valence-electron chi connectivity index (χ4n) is 7.25. The number of piperidine rings is 2. The Hall–Kier alpha value is -3.67. The molecule has 2 saturated heterocycles. The summed E-state index contributed by atoms with van der Waals surface area (Å²) in [6.45, 7) is 3.95. The lowest BCUT2D eigenvalue weighted by Crippen LogP contribution is -2.42. The maximum atomic E-state index is 15.1. The van der Waals surface area contributed by atoms with E-state index in [9.17, 15) is 0 Å². The van der Waals surface area contributed by atoms with Gasteiger partial charge in [-0.25, -0.2) is 0 Å². The van der Waals surface area contributed by atoms with E-state index in [1.54, 1.807) is 0 Å². The first-order valence-electron chi connectivity index (χ1n) is 15.7. The highest BCUT2D eigenvalue weighted by atomic mass is 16.1. The Morgan fingerprint density at radius 1 is 0.619 bits per heavy atom. The number of carbonyl (C=O) groups excluding carboxylic acids is 1. The number of nitrogens with one attached hydrogen (secondary N) is 2. The molecule has 216 valence electrons. The van der Waals surface area contributed by atoms with E-state index in [1.165, 1.54) is 22.3 Å². The van der Waals surface area contributed by atoms with Crippen molar-refractivity contribution in [1.82, 2.24) is 20.6 Å². The Morgan fingerprint density at radius 3 is 1.45 bits per heavy atom. The van der Waals surface area contributed by atoms with Gasteiger partial charge in [0.15, 0.2) is 0 Å².